The fourth-order valence-corrected chi connectivity index (χ4v) is 3.32. The van der Waals surface area contributed by atoms with Gasteiger partial charge in [0.25, 0.3) is 5.91 Å². The average Bonchev–Trinajstić information content (AvgIpc) is 3.51. The molecule has 5 rings (SSSR count). The van der Waals surface area contributed by atoms with E-state index in [4.69, 9.17) is 16.0 Å². The maximum absolute atomic E-state index is 12.3. The van der Waals surface area contributed by atoms with E-state index >= 15 is 0 Å². The lowest BCUT2D eigenvalue weighted by molar-refractivity contribution is 0.102. The zero-order valence-electron chi connectivity index (χ0n) is 16.1. The van der Waals surface area contributed by atoms with Gasteiger partial charge in [-0.2, -0.15) is 10.2 Å². The summed E-state index contributed by atoms with van der Waals surface area (Å²) in [6, 6.07) is 10.9. The third-order valence-corrected chi connectivity index (χ3v) is 4.97. The number of aromatic nitrogens is 6. The maximum Gasteiger partial charge on any atom is 0.320 e. The molecule has 0 aliphatic carbocycles. The van der Waals surface area contributed by atoms with Crippen molar-refractivity contribution in [2.75, 3.05) is 10.6 Å². The number of benzene rings is 2. The Hall–Kier alpha value is -4.18. The van der Waals surface area contributed by atoms with E-state index in [1.54, 1.807) is 48.4 Å². The fourth-order valence-electron chi connectivity index (χ4n) is 3.06. The Labute approximate surface area is 180 Å². The molecule has 0 bridgehead atoms. The first-order valence-electron chi connectivity index (χ1n) is 9.19. The van der Waals surface area contributed by atoms with Gasteiger partial charge >= 0.3 is 6.01 Å². The molecule has 1 amide bonds. The second-order valence-corrected chi connectivity index (χ2v) is 7.11. The van der Waals surface area contributed by atoms with Crippen LogP contribution in [0.2, 0.25) is 5.02 Å². The molecule has 0 radical (unpaired) electrons. The normalized spacial score (nSPS) is 11.0. The summed E-state index contributed by atoms with van der Waals surface area (Å²) in [5.41, 5.74) is 3.15. The Morgan fingerprint density at radius 1 is 1.19 bits per heavy atom. The van der Waals surface area contributed by atoms with Crippen LogP contribution in [-0.4, -0.2) is 36.1 Å². The Morgan fingerprint density at radius 2 is 2.10 bits per heavy atom. The number of carbonyl (C=O) groups is 1. The van der Waals surface area contributed by atoms with Crippen LogP contribution in [-0.2, 0) is 7.05 Å². The Morgan fingerprint density at radius 3 is 2.94 bits per heavy atom. The Balaban J connectivity index is 1.35. The fraction of sp³-hybridized carbons (Fsp3) is 0.0500. The van der Waals surface area contributed by atoms with E-state index in [1.165, 1.54) is 6.20 Å². The van der Waals surface area contributed by atoms with Gasteiger partial charge in [0.1, 0.15) is 0 Å². The number of hydrogen-bond donors (Lipinski definition) is 3. The van der Waals surface area contributed by atoms with Crippen molar-refractivity contribution in [3.8, 4) is 11.5 Å². The van der Waals surface area contributed by atoms with Gasteiger partial charge in [0.2, 0.25) is 5.89 Å². The molecule has 0 spiro atoms. The number of aryl methyl sites for hydroxylation is 1. The maximum atomic E-state index is 12.3. The van der Waals surface area contributed by atoms with Gasteiger partial charge in [0, 0.05) is 29.9 Å². The van der Waals surface area contributed by atoms with Crippen LogP contribution in [0.25, 0.3) is 22.4 Å². The molecule has 0 aliphatic rings. The smallest absolute Gasteiger partial charge is 0.320 e. The molecule has 2 aromatic carbocycles. The first-order chi connectivity index (χ1) is 15.1. The lowest BCUT2D eigenvalue weighted by Gasteiger charge is -2.05. The highest BCUT2D eigenvalue weighted by molar-refractivity contribution is 6.38. The van der Waals surface area contributed by atoms with Crippen molar-refractivity contribution in [3.63, 3.8) is 0 Å². The highest BCUT2D eigenvalue weighted by Gasteiger charge is 2.14. The first-order valence-corrected chi connectivity index (χ1v) is 9.57. The molecule has 5 aromatic rings. The van der Waals surface area contributed by atoms with Crippen LogP contribution < -0.4 is 10.6 Å². The number of fused-ring (bicyclic) bond motifs is 1. The topological polar surface area (TPSA) is 127 Å². The summed E-state index contributed by atoms with van der Waals surface area (Å²) in [6.45, 7) is 0. The predicted octanol–water partition coefficient (Wildman–Crippen LogP) is 4.00. The number of amides is 1. The summed E-state index contributed by atoms with van der Waals surface area (Å²) in [6.07, 6.45) is 4.79. The summed E-state index contributed by atoms with van der Waals surface area (Å²) >= 11 is 6.42. The lowest BCUT2D eigenvalue weighted by atomic mass is 10.2. The average molecular weight is 435 g/mol. The van der Waals surface area contributed by atoms with E-state index in [1.807, 2.05) is 12.1 Å². The number of aromatic amines is 1. The Kier molecular flexibility index (Phi) is 4.60. The molecule has 3 aromatic heterocycles. The van der Waals surface area contributed by atoms with Crippen molar-refractivity contribution in [1.29, 1.82) is 0 Å². The number of nitrogens with zero attached hydrogens (tertiary/aromatic N) is 5. The molecule has 0 saturated heterocycles. The van der Waals surface area contributed by atoms with Gasteiger partial charge in [-0.3, -0.25) is 14.6 Å². The van der Waals surface area contributed by atoms with E-state index in [0.29, 0.717) is 33.4 Å². The van der Waals surface area contributed by atoms with E-state index < -0.39 is 0 Å². The summed E-state index contributed by atoms with van der Waals surface area (Å²) in [4.78, 5) is 12.3. The van der Waals surface area contributed by atoms with E-state index in [2.05, 4.69) is 36.1 Å². The first kappa shape index (κ1) is 18.8. The van der Waals surface area contributed by atoms with E-state index in [9.17, 15) is 4.79 Å². The molecule has 3 N–H and O–H groups in total. The number of anilines is 3. The molecule has 11 heteroatoms. The third kappa shape index (κ3) is 3.71. The molecule has 154 valence electrons. The lowest BCUT2D eigenvalue weighted by Crippen LogP contribution is -2.11. The minimum Gasteiger partial charge on any atom is -0.403 e. The highest BCUT2D eigenvalue weighted by Crippen LogP contribution is 2.32. The molecule has 0 fully saturated rings. The molecule has 0 atom stereocenters. The van der Waals surface area contributed by atoms with Gasteiger partial charge < -0.3 is 15.1 Å². The van der Waals surface area contributed by atoms with Crippen molar-refractivity contribution < 1.29 is 9.21 Å². The summed E-state index contributed by atoms with van der Waals surface area (Å²) in [5.74, 6) is 0.0305. The Bertz CT molecular complexity index is 1400. The standard InChI is InChI=1S/C20H15ClN8O2/c1-29-10-12(8-23-29)18(30)24-13-4-2-3-11(7-13)19-27-28-20(31-19)25-16-6-5-15-14(17(16)21)9-22-26-15/h2-10H,1H3,(H,22,26)(H,24,30)(H,25,28). The number of H-pyrrole nitrogens is 1. The number of hydrogen-bond acceptors (Lipinski definition) is 7. The van der Waals surface area contributed by atoms with Crippen LogP contribution in [0.15, 0.2) is 59.4 Å². The van der Waals surface area contributed by atoms with Gasteiger partial charge in [-0.15, -0.1) is 5.10 Å². The van der Waals surface area contributed by atoms with Crippen LogP contribution in [0, 0.1) is 0 Å². The molecule has 31 heavy (non-hydrogen) atoms. The van der Waals surface area contributed by atoms with E-state index in [0.717, 1.165) is 10.9 Å². The zero-order chi connectivity index (χ0) is 21.4. The number of carbonyl (C=O) groups excluding carboxylic acids is 1. The van der Waals surface area contributed by atoms with Crippen LogP contribution in [0.5, 0.6) is 0 Å². The van der Waals surface area contributed by atoms with Crippen LogP contribution in [0.1, 0.15) is 10.4 Å². The van der Waals surface area contributed by atoms with Gasteiger partial charge in [0.15, 0.2) is 0 Å². The molecule has 0 saturated carbocycles. The molecule has 10 nitrogen and oxygen atoms in total. The molecule has 0 unspecified atom stereocenters. The quantitative estimate of drug-likeness (QED) is 0.381. The molecular weight excluding hydrogens is 420 g/mol. The largest absolute Gasteiger partial charge is 0.403 e. The minimum atomic E-state index is -0.262. The third-order valence-electron chi connectivity index (χ3n) is 4.56. The second-order valence-electron chi connectivity index (χ2n) is 6.73. The number of nitrogens with one attached hydrogen (secondary N) is 3. The van der Waals surface area contributed by atoms with Gasteiger partial charge in [-0.25, -0.2) is 0 Å². The van der Waals surface area contributed by atoms with Crippen molar-refractivity contribution in [2.24, 2.45) is 7.05 Å². The SMILES string of the molecule is Cn1cc(C(=O)Nc2cccc(-c3nnc(Nc4ccc5[nH]ncc5c4Cl)o3)c2)cn1. The van der Waals surface area contributed by atoms with Crippen LogP contribution >= 0.6 is 11.6 Å². The number of halogens is 1. The van der Waals surface area contributed by atoms with Gasteiger partial charge in [-0.1, -0.05) is 22.8 Å². The monoisotopic (exact) mass is 434 g/mol. The van der Waals surface area contributed by atoms with E-state index in [-0.39, 0.29) is 11.9 Å². The molecule has 0 aliphatic heterocycles. The van der Waals surface area contributed by atoms with Gasteiger partial charge in [0.05, 0.1) is 34.2 Å². The zero-order valence-corrected chi connectivity index (χ0v) is 16.9. The second kappa shape index (κ2) is 7.58. The summed E-state index contributed by atoms with van der Waals surface area (Å²) in [7, 11) is 1.75. The minimum absolute atomic E-state index is 0.185. The highest BCUT2D eigenvalue weighted by atomic mass is 35.5. The summed E-state index contributed by atoms with van der Waals surface area (Å²) < 4.78 is 7.29. The molecule has 3 heterocycles. The van der Waals surface area contributed by atoms with Crippen molar-refractivity contribution >= 4 is 45.8 Å². The van der Waals surface area contributed by atoms with Gasteiger partial charge in [-0.05, 0) is 30.3 Å². The van der Waals surface area contributed by atoms with Crippen molar-refractivity contribution in [2.45, 2.75) is 0 Å². The number of rotatable bonds is 5. The van der Waals surface area contributed by atoms with Crippen molar-refractivity contribution in [1.82, 2.24) is 30.2 Å². The van der Waals surface area contributed by atoms with Crippen LogP contribution in [0.3, 0.4) is 0 Å². The van der Waals surface area contributed by atoms with Crippen LogP contribution in [0.4, 0.5) is 17.4 Å². The predicted molar refractivity (Wildman–Crippen MR) is 115 cm³/mol. The molecular formula is C20H15ClN8O2. The van der Waals surface area contributed by atoms with Crippen molar-refractivity contribution in [3.05, 3.63) is 65.6 Å². The summed E-state index contributed by atoms with van der Waals surface area (Å²) in [5, 5.41) is 26.1.